The predicted molar refractivity (Wildman–Crippen MR) is 98.5 cm³/mol. The highest BCUT2D eigenvalue weighted by Crippen LogP contribution is 2.37. The summed E-state index contributed by atoms with van der Waals surface area (Å²) >= 11 is 0. The zero-order valence-electron chi connectivity index (χ0n) is 16.0. The fraction of sp³-hybridized carbons (Fsp3) is 0.765. The van der Waals surface area contributed by atoms with Gasteiger partial charge in [-0.25, -0.2) is 4.79 Å². The maximum absolute atomic E-state index is 11.9. The van der Waals surface area contributed by atoms with Crippen LogP contribution < -0.4 is 11.2 Å². The minimum absolute atomic E-state index is 0.0940. The van der Waals surface area contributed by atoms with Crippen molar-refractivity contribution in [1.82, 2.24) is 9.55 Å². The molecule has 0 aliphatic carbocycles. The van der Waals surface area contributed by atoms with Gasteiger partial charge in [0.15, 0.2) is 8.32 Å². The monoisotopic (exact) mass is 370 g/mol. The van der Waals surface area contributed by atoms with E-state index in [1.165, 1.54) is 10.8 Å². The van der Waals surface area contributed by atoms with Crippen molar-refractivity contribution in [3.05, 3.63) is 32.6 Å². The van der Waals surface area contributed by atoms with Crippen molar-refractivity contribution in [3.63, 3.8) is 0 Å². The lowest BCUT2D eigenvalue weighted by Gasteiger charge is -2.37. The molecule has 0 unspecified atom stereocenters. The Morgan fingerprint density at radius 1 is 1.40 bits per heavy atom. The number of hydrogen-bond donors (Lipinski definition) is 2. The smallest absolute Gasteiger partial charge is 0.328 e. The third-order valence-electron chi connectivity index (χ3n) is 5.30. The largest absolute Gasteiger partial charge is 0.414 e. The van der Waals surface area contributed by atoms with Crippen LogP contribution in [-0.4, -0.2) is 47.9 Å². The van der Waals surface area contributed by atoms with Crippen molar-refractivity contribution in [1.29, 1.82) is 0 Å². The van der Waals surface area contributed by atoms with E-state index in [-0.39, 0.29) is 16.7 Å². The van der Waals surface area contributed by atoms with E-state index in [4.69, 9.17) is 9.16 Å². The number of hydrogen-bond acceptors (Lipinski definition) is 5. The molecule has 0 radical (unpaired) electrons. The molecule has 7 nitrogen and oxygen atoms in total. The summed E-state index contributed by atoms with van der Waals surface area (Å²) in [6, 6.07) is 0. The molecule has 1 aliphatic heterocycles. The Morgan fingerprint density at radius 3 is 2.64 bits per heavy atom. The van der Waals surface area contributed by atoms with Gasteiger partial charge >= 0.3 is 5.69 Å². The van der Waals surface area contributed by atoms with Gasteiger partial charge in [0.1, 0.15) is 6.10 Å². The molecule has 2 N–H and O–H groups in total. The normalized spacial score (nSPS) is 24.7. The summed E-state index contributed by atoms with van der Waals surface area (Å²) in [4.78, 5) is 25.6. The Hall–Kier alpha value is -1.22. The van der Waals surface area contributed by atoms with Crippen LogP contribution in [0.3, 0.4) is 0 Å². The molecule has 0 amide bonds. The fourth-order valence-corrected chi connectivity index (χ4v) is 3.58. The Morgan fingerprint density at radius 2 is 2.04 bits per heavy atom. The topological polar surface area (TPSA) is 93.6 Å². The van der Waals surface area contributed by atoms with Gasteiger partial charge < -0.3 is 14.3 Å². The number of H-pyrrole nitrogens is 1. The molecule has 8 heteroatoms. The van der Waals surface area contributed by atoms with Gasteiger partial charge in [-0.15, -0.1) is 0 Å². The lowest BCUT2D eigenvalue weighted by atomic mass is 10.1. The molecule has 1 saturated heterocycles. The van der Waals surface area contributed by atoms with E-state index in [1.54, 1.807) is 6.92 Å². The quantitative estimate of drug-likeness (QED) is 0.764. The molecule has 1 fully saturated rings. The first-order valence-corrected chi connectivity index (χ1v) is 11.6. The van der Waals surface area contributed by atoms with Crippen LogP contribution in [0.15, 0.2) is 15.8 Å². The van der Waals surface area contributed by atoms with Gasteiger partial charge in [0.05, 0.1) is 25.4 Å². The number of aromatic amines is 1. The lowest BCUT2D eigenvalue weighted by Crippen LogP contribution is -2.44. The van der Waals surface area contributed by atoms with E-state index < -0.39 is 26.2 Å². The van der Waals surface area contributed by atoms with Gasteiger partial charge in [-0.2, -0.15) is 0 Å². The third-order valence-corrected chi connectivity index (χ3v) is 9.81. The second-order valence-corrected chi connectivity index (χ2v) is 13.2. The van der Waals surface area contributed by atoms with Crippen molar-refractivity contribution in [2.24, 2.45) is 0 Å². The van der Waals surface area contributed by atoms with E-state index in [9.17, 15) is 14.7 Å². The summed E-state index contributed by atoms with van der Waals surface area (Å²) in [6.07, 6.45) is 0.672. The summed E-state index contributed by atoms with van der Waals surface area (Å²) < 4.78 is 13.5. The second kappa shape index (κ2) is 7.18. The molecule has 25 heavy (non-hydrogen) atoms. The number of aryl methyl sites for hydroxylation is 1. The van der Waals surface area contributed by atoms with E-state index in [1.807, 2.05) is 0 Å². The number of aliphatic hydroxyl groups is 1. The maximum atomic E-state index is 11.9. The molecule has 142 valence electrons. The standard InChI is InChI=1S/C17H30N2O5Si/c1-11-8-19(16(22)18-15(11)21)9-12-7-13(20)14(24-12)10-23-25(5,6)17(2,3)4/h8,12-14,20H,7,9-10H2,1-6H3,(H,18,21,22)/t12-,13-,14+/m0/s1. The molecule has 0 bridgehead atoms. The van der Waals surface area contributed by atoms with Crippen LogP contribution in [0, 0.1) is 6.92 Å². The van der Waals surface area contributed by atoms with Gasteiger partial charge in [-0.1, -0.05) is 20.8 Å². The number of nitrogens with zero attached hydrogens (tertiary/aromatic N) is 1. The summed E-state index contributed by atoms with van der Waals surface area (Å²) in [5, 5.41) is 10.4. The molecular weight excluding hydrogens is 340 g/mol. The highest BCUT2D eigenvalue weighted by atomic mass is 28.4. The molecule has 0 aromatic carbocycles. The Labute approximate surface area is 149 Å². The van der Waals surface area contributed by atoms with Crippen molar-refractivity contribution in [2.45, 2.75) is 77.1 Å². The first kappa shape index (κ1) is 20.1. The first-order valence-electron chi connectivity index (χ1n) is 8.68. The van der Waals surface area contributed by atoms with Crippen molar-refractivity contribution < 1.29 is 14.3 Å². The fourth-order valence-electron chi connectivity index (χ4n) is 2.56. The lowest BCUT2D eigenvalue weighted by molar-refractivity contribution is -0.0230. The van der Waals surface area contributed by atoms with Crippen LogP contribution in [0.4, 0.5) is 0 Å². The molecule has 1 aromatic heterocycles. The molecule has 0 spiro atoms. The highest BCUT2D eigenvalue weighted by molar-refractivity contribution is 6.74. The zero-order chi connectivity index (χ0) is 19.0. The van der Waals surface area contributed by atoms with Gasteiger partial charge in [0.25, 0.3) is 5.56 Å². The molecule has 3 atom stereocenters. The van der Waals surface area contributed by atoms with Crippen LogP contribution in [0.1, 0.15) is 32.8 Å². The first-order chi connectivity index (χ1) is 11.4. The van der Waals surface area contributed by atoms with Crippen LogP contribution >= 0.6 is 0 Å². The average molecular weight is 371 g/mol. The van der Waals surface area contributed by atoms with Gasteiger partial charge in [0.2, 0.25) is 0 Å². The number of rotatable bonds is 5. The highest BCUT2D eigenvalue weighted by Gasteiger charge is 2.40. The second-order valence-electron chi connectivity index (χ2n) is 8.39. The molecule has 1 aromatic rings. The predicted octanol–water partition coefficient (Wildman–Crippen LogP) is 1.39. The van der Waals surface area contributed by atoms with Crippen LogP contribution in [0.5, 0.6) is 0 Å². The summed E-state index contributed by atoms with van der Waals surface area (Å²) in [6.45, 7) is 13.1. The third kappa shape index (κ3) is 4.69. The van der Waals surface area contributed by atoms with E-state index in [2.05, 4.69) is 38.8 Å². The van der Waals surface area contributed by atoms with E-state index >= 15 is 0 Å². The van der Waals surface area contributed by atoms with Crippen molar-refractivity contribution in [3.8, 4) is 0 Å². The van der Waals surface area contributed by atoms with Gasteiger partial charge in [-0.05, 0) is 25.1 Å². The van der Waals surface area contributed by atoms with Gasteiger partial charge in [-0.3, -0.25) is 14.3 Å². The Bertz CT molecular complexity index is 719. The molecular formula is C17H30N2O5Si. The Balaban J connectivity index is 1.99. The van der Waals surface area contributed by atoms with Crippen molar-refractivity contribution in [2.75, 3.05) is 6.61 Å². The minimum atomic E-state index is -1.91. The van der Waals surface area contributed by atoms with Crippen LogP contribution in [0.25, 0.3) is 0 Å². The van der Waals surface area contributed by atoms with E-state index in [0.29, 0.717) is 25.1 Å². The summed E-state index contributed by atoms with van der Waals surface area (Å²) in [5.74, 6) is 0. The molecule has 2 rings (SSSR count). The SMILES string of the molecule is Cc1cn(C[C@@H]2C[C@H](O)[C@@H](CO[Si](C)(C)C(C)(C)C)O2)c(=O)[nH]c1=O. The van der Waals surface area contributed by atoms with Gasteiger partial charge in [0, 0.05) is 18.2 Å². The van der Waals surface area contributed by atoms with Crippen LogP contribution in [-0.2, 0) is 15.7 Å². The van der Waals surface area contributed by atoms with E-state index in [0.717, 1.165) is 0 Å². The van der Waals surface area contributed by atoms with Crippen LogP contribution in [0.2, 0.25) is 18.1 Å². The Kier molecular flexibility index (Phi) is 5.77. The summed E-state index contributed by atoms with van der Waals surface area (Å²) in [7, 11) is -1.91. The zero-order valence-corrected chi connectivity index (χ0v) is 17.0. The summed E-state index contributed by atoms with van der Waals surface area (Å²) in [5.41, 5.74) is -0.375. The molecule has 2 heterocycles. The minimum Gasteiger partial charge on any atom is -0.414 e. The number of aromatic nitrogens is 2. The molecule has 1 aliphatic rings. The number of ether oxygens (including phenoxy) is 1. The molecule has 0 saturated carbocycles. The van der Waals surface area contributed by atoms with Crippen molar-refractivity contribution >= 4 is 8.32 Å². The maximum Gasteiger partial charge on any atom is 0.328 e. The average Bonchev–Trinajstić information content (AvgIpc) is 2.81. The number of aliphatic hydroxyl groups excluding tert-OH is 1. The number of nitrogens with one attached hydrogen (secondary N) is 1.